The maximum absolute atomic E-state index is 12.4. The van der Waals surface area contributed by atoms with Crippen LogP contribution < -0.4 is 0 Å². The fourth-order valence-corrected chi connectivity index (χ4v) is 2.62. The van der Waals surface area contributed by atoms with Crippen molar-refractivity contribution < 1.29 is 45.2 Å². The Labute approximate surface area is 164 Å². The van der Waals surface area contributed by atoms with Gasteiger partial charge in [-0.25, -0.2) is 12.2 Å². The molecule has 5 aliphatic rings. The molecule has 0 aromatic carbocycles. The third-order valence-electron chi connectivity index (χ3n) is 4.07. The van der Waals surface area contributed by atoms with E-state index in [0.29, 0.717) is 17.1 Å². The van der Waals surface area contributed by atoms with Crippen molar-refractivity contribution in [2.24, 2.45) is 0 Å². The summed E-state index contributed by atoms with van der Waals surface area (Å²) in [7, 11) is 0. The van der Waals surface area contributed by atoms with Crippen molar-refractivity contribution in [3.8, 4) is 0 Å². The van der Waals surface area contributed by atoms with Crippen LogP contribution in [0.1, 0.15) is 6.42 Å². The minimum absolute atomic E-state index is 0. The molecule has 3 saturated heterocycles. The van der Waals surface area contributed by atoms with E-state index in [1.807, 2.05) is 26.9 Å². The Bertz CT molecular complexity index is 641. The quantitative estimate of drug-likeness (QED) is 0.367. The van der Waals surface area contributed by atoms with Crippen LogP contribution in [0.2, 0.25) is 0 Å². The van der Waals surface area contributed by atoms with Crippen molar-refractivity contribution in [2.45, 2.75) is 6.42 Å². The molecule has 0 amide bonds. The monoisotopic (exact) mass is 435 g/mol. The number of allylic oxidation sites excluding steroid dienone is 5. The number of hydrogen-bond donors (Lipinski definition) is 0. The van der Waals surface area contributed by atoms with Gasteiger partial charge in [0.1, 0.15) is 11.4 Å². The molecule has 2 aliphatic carbocycles. The maximum atomic E-state index is 12.4. The molecule has 3 heterocycles. The van der Waals surface area contributed by atoms with Gasteiger partial charge in [0, 0.05) is 80.9 Å². The van der Waals surface area contributed by atoms with Gasteiger partial charge >= 0.3 is 0 Å². The second-order valence-electron chi connectivity index (χ2n) is 5.88. The number of carbonyl (C=O) groups is 2. The van der Waals surface area contributed by atoms with Crippen molar-refractivity contribution >= 4 is 11.6 Å². The first-order valence-electron chi connectivity index (χ1n) is 7.77. The summed E-state index contributed by atoms with van der Waals surface area (Å²) in [6.07, 6.45) is 11.5. The van der Waals surface area contributed by atoms with Crippen molar-refractivity contribution in [1.29, 1.82) is 0 Å². The Morgan fingerprint density at radius 2 is 1.48 bits per heavy atom. The first kappa shape index (κ1) is 16.7. The van der Waals surface area contributed by atoms with E-state index in [0.717, 1.165) is 45.7 Å². The van der Waals surface area contributed by atoms with Gasteiger partial charge in [-0.1, -0.05) is 0 Å². The molecule has 0 atom stereocenters. The van der Waals surface area contributed by atoms with E-state index in [2.05, 4.69) is 12.2 Å². The number of nitrogens with zero attached hydrogens (tertiary/aromatic N) is 3. The summed E-state index contributed by atoms with van der Waals surface area (Å²) in [5.41, 5.74) is 1.89. The van der Waals surface area contributed by atoms with Crippen LogP contribution in [0, 0.1) is 41.7 Å². The van der Waals surface area contributed by atoms with Gasteiger partial charge in [-0.2, -0.15) is 6.08 Å². The molecule has 0 unspecified atom stereocenters. The van der Waals surface area contributed by atoms with Crippen LogP contribution in [-0.2, 0) is 9.59 Å². The molecule has 3 fully saturated rings. The van der Waals surface area contributed by atoms with Crippen molar-refractivity contribution in [3.63, 3.8) is 0 Å². The third-order valence-corrected chi connectivity index (χ3v) is 4.07. The van der Waals surface area contributed by atoms with Gasteiger partial charge in [-0.3, -0.25) is 15.7 Å². The van der Waals surface area contributed by atoms with E-state index in [1.54, 1.807) is 0 Å². The molecule has 117 valence electrons. The predicted octanol–water partition coefficient (Wildman–Crippen LogP) is 0.486. The van der Waals surface area contributed by atoms with Crippen LogP contribution in [0.15, 0.2) is 41.4 Å². The molecule has 0 aromatic heterocycles. The maximum Gasteiger partial charge on any atom is 0.227 e. The summed E-state index contributed by atoms with van der Waals surface area (Å²) >= 11 is 0. The standard InChI is InChI=1S/C12H13N3O2.C5H5.La/c16-9-7-8(13-1-2-13)12(17)11(15-5-6-15)10(9)14-3-4-14;1-2-4-5-3-1;/h7H,1-6H2;1-3H,4H2;/q;-1;. The van der Waals surface area contributed by atoms with Crippen LogP contribution >= 0.6 is 0 Å². The Morgan fingerprint density at radius 3 is 1.91 bits per heavy atom. The minimum atomic E-state index is 0. The molecule has 1 radical (unpaired) electrons. The zero-order chi connectivity index (χ0) is 15.1. The molecule has 0 spiro atoms. The third kappa shape index (κ3) is 3.70. The van der Waals surface area contributed by atoms with Gasteiger partial charge in [0.2, 0.25) is 11.6 Å². The molecular formula is C17H18LaN3O2-. The van der Waals surface area contributed by atoms with Gasteiger partial charge in [-0.05, 0) is 0 Å². The Kier molecular flexibility index (Phi) is 4.94. The van der Waals surface area contributed by atoms with Gasteiger partial charge in [0.05, 0.1) is 5.70 Å². The van der Waals surface area contributed by atoms with Crippen LogP contribution in [0.25, 0.3) is 0 Å². The summed E-state index contributed by atoms with van der Waals surface area (Å²) in [6, 6.07) is 0. The Hall–Kier alpha value is -1.11. The summed E-state index contributed by atoms with van der Waals surface area (Å²) in [4.78, 5) is 30.5. The zero-order valence-electron chi connectivity index (χ0n) is 13.0. The molecule has 3 aliphatic heterocycles. The topological polar surface area (TPSA) is 43.2 Å². The first-order valence-corrected chi connectivity index (χ1v) is 7.77. The number of Topliss-reactive ketones (excluding diaryl/α,β-unsaturated/α-hetero) is 1. The average Bonchev–Trinajstić information content (AvgIpc) is 3.37. The van der Waals surface area contributed by atoms with Gasteiger partial charge in [-0.15, -0.1) is 6.42 Å². The largest absolute Gasteiger partial charge is 0.365 e. The van der Waals surface area contributed by atoms with E-state index in [1.165, 1.54) is 6.08 Å². The number of ketones is 2. The van der Waals surface area contributed by atoms with Crippen LogP contribution in [0.3, 0.4) is 0 Å². The average molecular weight is 435 g/mol. The Morgan fingerprint density at radius 1 is 0.870 bits per heavy atom. The number of carbonyl (C=O) groups excluding carboxylic acids is 2. The molecular weight excluding hydrogens is 417 g/mol. The summed E-state index contributed by atoms with van der Waals surface area (Å²) in [5.74, 6) is 0.0485. The fraction of sp³-hybridized carbons (Fsp3) is 0.412. The molecule has 0 saturated carbocycles. The molecule has 5 rings (SSSR count). The van der Waals surface area contributed by atoms with Crippen molar-refractivity contribution in [3.05, 3.63) is 47.5 Å². The normalized spacial score (nSPS) is 23.5. The number of hydrogen-bond acceptors (Lipinski definition) is 5. The van der Waals surface area contributed by atoms with E-state index >= 15 is 0 Å². The molecule has 23 heavy (non-hydrogen) atoms. The van der Waals surface area contributed by atoms with Gasteiger partial charge in [0.15, 0.2) is 0 Å². The van der Waals surface area contributed by atoms with E-state index in [9.17, 15) is 9.59 Å². The van der Waals surface area contributed by atoms with Crippen LogP contribution in [0.5, 0.6) is 0 Å². The Balaban J connectivity index is 0.000000226. The van der Waals surface area contributed by atoms with E-state index in [-0.39, 0.29) is 47.2 Å². The fourth-order valence-electron chi connectivity index (χ4n) is 2.62. The molecule has 6 heteroatoms. The minimum Gasteiger partial charge on any atom is -0.365 e. The van der Waals surface area contributed by atoms with Crippen LogP contribution in [-0.4, -0.2) is 65.5 Å². The number of rotatable bonds is 3. The SMILES string of the molecule is O=C1C=C(N2CC2)C(=O)C(N2CC2)=C1N1CC1.[C-]1=CC=CC1.[La]. The summed E-state index contributed by atoms with van der Waals surface area (Å²) in [6.45, 7) is 5.41. The molecule has 0 aromatic rings. The second kappa shape index (κ2) is 6.79. The van der Waals surface area contributed by atoms with Crippen molar-refractivity contribution in [1.82, 2.24) is 14.7 Å². The second-order valence-corrected chi connectivity index (χ2v) is 5.88. The van der Waals surface area contributed by atoms with E-state index in [4.69, 9.17) is 0 Å². The first-order chi connectivity index (χ1) is 10.8. The summed E-state index contributed by atoms with van der Waals surface area (Å²) < 4.78 is 0. The molecule has 0 bridgehead atoms. The van der Waals surface area contributed by atoms with Crippen LogP contribution in [0.4, 0.5) is 0 Å². The smallest absolute Gasteiger partial charge is 0.227 e. The van der Waals surface area contributed by atoms with Crippen molar-refractivity contribution in [2.75, 3.05) is 39.3 Å². The van der Waals surface area contributed by atoms with Gasteiger partial charge in [0.25, 0.3) is 0 Å². The van der Waals surface area contributed by atoms with E-state index < -0.39 is 0 Å². The van der Waals surface area contributed by atoms with Gasteiger partial charge < -0.3 is 14.7 Å². The summed E-state index contributed by atoms with van der Waals surface area (Å²) in [5, 5.41) is 0. The predicted molar refractivity (Wildman–Crippen MR) is 81.4 cm³/mol. The molecule has 0 N–H and O–H groups in total. The molecule has 5 nitrogen and oxygen atoms in total. The zero-order valence-corrected chi connectivity index (χ0v) is 16.6.